The van der Waals surface area contributed by atoms with Gasteiger partial charge in [-0.3, -0.25) is 0 Å². The molecule has 198 valence electrons. The number of ether oxygens (including phenoxy) is 1. The van der Waals surface area contributed by atoms with Gasteiger partial charge in [0.1, 0.15) is 18.5 Å². The van der Waals surface area contributed by atoms with Crippen LogP contribution in [-0.2, 0) is 5.41 Å². The fourth-order valence-electron chi connectivity index (χ4n) is 6.46. The lowest BCUT2D eigenvalue weighted by Gasteiger charge is -2.45. The van der Waals surface area contributed by atoms with E-state index in [1.165, 1.54) is 24.8 Å². The van der Waals surface area contributed by atoms with Crippen LogP contribution in [0, 0.1) is 11.8 Å². The Balaban J connectivity index is 1.78. The zero-order chi connectivity index (χ0) is 26.6. The quantitative estimate of drug-likeness (QED) is 0.298. The highest BCUT2D eigenvalue weighted by Crippen LogP contribution is 2.51. The maximum absolute atomic E-state index is 9.98. The smallest absolute Gasteiger partial charge is 0.488 e. The number of benzene rings is 3. The van der Waals surface area contributed by atoms with Crippen molar-refractivity contribution in [3.63, 3.8) is 0 Å². The van der Waals surface area contributed by atoms with Crippen LogP contribution in [0.5, 0.6) is 5.75 Å². The summed E-state index contributed by atoms with van der Waals surface area (Å²) in [5, 5.41) is 40.3. The second-order valence-electron chi connectivity index (χ2n) is 11.1. The summed E-state index contributed by atoms with van der Waals surface area (Å²) in [6.07, 6.45) is 6.04. The molecule has 1 aliphatic rings. The fraction of sp³-hybridized carbons (Fsp3) is 0.484. The van der Waals surface area contributed by atoms with Crippen LogP contribution in [-0.4, -0.2) is 46.7 Å². The van der Waals surface area contributed by atoms with Gasteiger partial charge in [-0.05, 0) is 88.5 Å². The monoisotopic (exact) mass is 504 g/mol. The van der Waals surface area contributed by atoms with E-state index in [0.717, 1.165) is 46.9 Å². The van der Waals surface area contributed by atoms with Crippen LogP contribution < -0.4 is 10.2 Å². The molecule has 0 bridgehead atoms. The molecule has 1 aliphatic carbocycles. The third kappa shape index (κ3) is 6.20. The first kappa shape index (κ1) is 27.7. The Morgan fingerprint density at radius 1 is 0.973 bits per heavy atom. The minimum Gasteiger partial charge on any atom is -0.490 e. The summed E-state index contributed by atoms with van der Waals surface area (Å²) in [4.78, 5) is 0. The van der Waals surface area contributed by atoms with Crippen molar-refractivity contribution in [3.05, 3.63) is 60.2 Å². The molecule has 4 N–H and O–H groups in total. The van der Waals surface area contributed by atoms with Gasteiger partial charge in [0.2, 0.25) is 0 Å². The van der Waals surface area contributed by atoms with Gasteiger partial charge < -0.3 is 25.0 Å². The van der Waals surface area contributed by atoms with E-state index in [1.54, 1.807) is 6.07 Å². The average Bonchev–Trinajstić information content (AvgIpc) is 2.90. The van der Waals surface area contributed by atoms with Crippen LogP contribution >= 0.6 is 0 Å². The molecule has 6 heteroatoms. The molecular weight excluding hydrogens is 463 g/mol. The molecule has 5 nitrogen and oxygen atoms in total. The molecule has 0 saturated heterocycles. The van der Waals surface area contributed by atoms with Crippen LogP contribution in [0.3, 0.4) is 0 Å². The van der Waals surface area contributed by atoms with E-state index in [0.29, 0.717) is 17.3 Å². The van der Waals surface area contributed by atoms with Gasteiger partial charge in [0.25, 0.3) is 0 Å². The Hall–Kier alpha value is -2.38. The predicted octanol–water partition coefficient (Wildman–Crippen LogP) is 4.80. The topological polar surface area (TPSA) is 90.2 Å². The van der Waals surface area contributed by atoms with Crippen molar-refractivity contribution < 1.29 is 25.0 Å². The Morgan fingerprint density at radius 2 is 1.68 bits per heavy atom. The molecule has 37 heavy (non-hydrogen) atoms. The van der Waals surface area contributed by atoms with E-state index < -0.39 is 13.2 Å². The molecule has 3 aromatic rings. The molecule has 0 aromatic heterocycles. The SMILES string of the molecule is CCCC1CC(C)CC(CC)(c2cc(-c3ccc4cc(B(O)O)ccc4c3)ccc2OCC(O)CO)C1. The van der Waals surface area contributed by atoms with Crippen molar-refractivity contribution in [2.24, 2.45) is 11.8 Å². The molecule has 0 spiro atoms. The molecule has 3 aromatic carbocycles. The van der Waals surface area contributed by atoms with Crippen molar-refractivity contribution in [2.45, 2.75) is 70.8 Å². The Kier molecular flexibility index (Phi) is 8.96. The van der Waals surface area contributed by atoms with Gasteiger partial charge in [0.05, 0.1) is 6.61 Å². The molecule has 0 aliphatic heterocycles. The highest BCUT2D eigenvalue weighted by Gasteiger charge is 2.41. The lowest BCUT2D eigenvalue weighted by atomic mass is 9.60. The normalized spacial score (nSPS) is 22.7. The summed E-state index contributed by atoms with van der Waals surface area (Å²) in [5.41, 5.74) is 3.87. The summed E-state index contributed by atoms with van der Waals surface area (Å²) in [7, 11) is -1.48. The van der Waals surface area contributed by atoms with E-state index in [4.69, 9.17) is 4.74 Å². The van der Waals surface area contributed by atoms with Crippen molar-refractivity contribution in [1.82, 2.24) is 0 Å². The predicted molar refractivity (Wildman–Crippen MR) is 151 cm³/mol. The second kappa shape index (κ2) is 12.0. The molecule has 4 rings (SSSR count). The lowest BCUT2D eigenvalue weighted by molar-refractivity contribution is 0.0520. The van der Waals surface area contributed by atoms with E-state index in [1.807, 2.05) is 24.3 Å². The van der Waals surface area contributed by atoms with Gasteiger partial charge in [-0.15, -0.1) is 0 Å². The lowest BCUT2D eigenvalue weighted by Crippen LogP contribution is -2.36. The molecule has 0 amide bonds. The Bertz CT molecular complexity index is 1200. The summed E-state index contributed by atoms with van der Waals surface area (Å²) in [6, 6.07) is 18.1. The molecule has 1 fully saturated rings. The molecule has 4 unspecified atom stereocenters. The zero-order valence-corrected chi connectivity index (χ0v) is 22.4. The minimum atomic E-state index is -1.48. The fourth-order valence-corrected chi connectivity index (χ4v) is 6.46. The number of hydrogen-bond donors (Lipinski definition) is 4. The second-order valence-corrected chi connectivity index (χ2v) is 11.1. The van der Waals surface area contributed by atoms with Gasteiger partial charge in [-0.25, -0.2) is 0 Å². The Labute approximate surface area is 221 Å². The largest absolute Gasteiger partial charge is 0.490 e. The third-order valence-corrected chi connectivity index (χ3v) is 8.22. The van der Waals surface area contributed by atoms with Crippen LogP contribution in [0.2, 0.25) is 0 Å². The number of rotatable bonds is 10. The van der Waals surface area contributed by atoms with Crippen molar-refractivity contribution in [2.75, 3.05) is 13.2 Å². The highest BCUT2D eigenvalue weighted by atomic mass is 16.5. The molecule has 4 atom stereocenters. The average molecular weight is 504 g/mol. The molecule has 0 heterocycles. The Morgan fingerprint density at radius 3 is 2.38 bits per heavy atom. The van der Waals surface area contributed by atoms with Gasteiger partial charge in [0.15, 0.2) is 0 Å². The van der Waals surface area contributed by atoms with E-state index in [-0.39, 0.29) is 18.6 Å². The number of aliphatic hydroxyl groups is 2. The minimum absolute atomic E-state index is 0.00394. The van der Waals surface area contributed by atoms with Crippen LogP contribution in [0.15, 0.2) is 54.6 Å². The first-order chi connectivity index (χ1) is 17.8. The number of aliphatic hydroxyl groups excluding tert-OH is 2. The maximum Gasteiger partial charge on any atom is 0.488 e. The summed E-state index contributed by atoms with van der Waals surface area (Å²) in [5.74, 6) is 2.11. The molecule has 1 saturated carbocycles. The summed E-state index contributed by atoms with van der Waals surface area (Å²) in [6.45, 7) is 6.65. The highest BCUT2D eigenvalue weighted by molar-refractivity contribution is 6.58. The van der Waals surface area contributed by atoms with Gasteiger partial charge in [-0.1, -0.05) is 70.0 Å². The first-order valence-electron chi connectivity index (χ1n) is 13.7. The summed E-state index contributed by atoms with van der Waals surface area (Å²) < 4.78 is 6.14. The van der Waals surface area contributed by atoms with Gasteiger partial charge in [-0.2, -0.15) is 0 Å². The maximum atomic E-state index is 9.98. The van der Waals surface area contributed by atoms with Crippen LogP contribution in [0.4, 0.5) is 0 Å². The van der Waals surface area contributed by atoms with Gasteiger partial charge >= 0.3 is 7.12 Å². The summed E-state index contributed by atoms with van der Waals surface area (Å²) >= 11 is 0. The van der Waals surface area contributed by atoms with Crippen LogP contribution in [0.25, 0.3) is 21.9 Å². The zero-order valence-electron chi connectivity index (χ0n) is 22.4. The molecule has 0 radical (unpaired) electrons. The van der Waals surface area contributed by atoms with E-state index in [9.17, 15) is 20.3 Å². The van der Waals surface area contributed by atoms with Crippen molar-refractivity contribution in [3.8, 4) is 16.9 Å². The van der Waals surface area contributed by atoms with Crippen molar-refractivity contribution >= 4 is 23.4 Å². The number of fused-ring (bicyclic) bond motifs is 1. The van der Waals surface area contributed by atoms with E-state index in [2.05, 4.69) is 45.0 Å². The standard InChI is InChI=1S/C31H41BO5/c1-4-6-22-13-21(3)17-31(5-2,18-22)29-16-26(10-12-30(29)37-20-28(34)19-33)23-7-8-25-15-27(32(35)36)11-9-24(25)14-23/h7-12,14-16,21-22,28,33-36H,4-6,13,17-20H2,1-3H3. The van der Waals surface area contributed by atoms with Gasteiger partial charge in [0, 0.05) is 5.56 Å². The first-order valence-corrected chi connectivity index (χ1v) is 13.7. The number of hydrogen-bond acceptors (Lipinski definition) is 5. The van der Waals surface area contributed by atoms with Crippen LogP contribution in [0.1, 0.15) is 64.9 Å². The third-order valence-electron chi connectivity index (χ3n) is 8.22. The van der Waals surface area contributed by atoms with E-state index >= 15 is 0 Å². The molecular formula is C31H41BO5. The van der Waals surface area contributed by atoms with Crippen molar-refractivity contribution in [1.29, 1.82) is 0 Å².